The van der Waals surface area contributed by atoms with Gasteiger partial charge in [0.15, 0.2) is 6.36 Å². The van der Waals surface area contributed by atoms with E-state index in [4.69, 9.17) is 74.7 Å². The molecular formula is C9H13Cl6FO. The molecular weight excluding hydrogens is 356 g/mol. The molecule has 8 heteroatoms. The van der Waals surface area contributed by atoms with E-state index in [-0.39, 0.29) is 6.42 Å². The number of alkyl halides is 7. The van der Waals surface area contributed by atoms with Gasteiger partial charge in [0.25, 0.3) is 0 Å². The maximum Gasteiger partial charge on any atom is 0.196 e. The molecule has 0 heterocycles. The van der Waals surface area contributed by atoms with E-state index in [0.29, 0.717) is 0 Å². The third-order valence-corrected chi connectivity index (χ3v) is 6.19. The van der Waals surface area contributed by atoms with Crippen LogP contribution in [0, 0.1) is 0 Å². The molecule has 1 rings (SSSR count). The Bertz CT molecular complexity index is 161. The van der Waals surface area contributed by atoms with Crippen molar-refractivity contribution in [1.29, 1.82) is 0 Å². The Labute approximate surface area is 130 Å². The maximum atomic E-state index is 11.0. The molecule has 104 valence electrons. The summed E-state index contributed by atoms with van der Waals surface area (Å²) in [7, 11) is 0. The van der Waals surface area contributed by atoms with Crippen LogP contribution >= 0.6 is 69.6 Å². The standard InChI is InChI=1S/C6H6Cl6.C3H7FO/c7-1-2(8)4(10)6(12)5(11)3(1)9;1-2-3(4)5/h1-6H;3,5H,2H2,1H3. The van der Waals surface area contributed by atoms with Gasteiger partial charge in [0.05, 0.1) is 32.3 Å². The molecule has 0 bridgehead atoms. The Morgan fingerprint density at radius 1 is 0.824 bits per heavy atom. The molecule has 1 aliphatic rings. The molecule has 0 aromatic heterocycles. The summed E-state index contributed by atoms with van der Waals surface area (Å²) < 4.78 is 11.0. The number of aliphatic hydroxyl groups is 1. The number of halogens is 7. The van der Waals surface area contributed by atoms with E-state index in [1.165, 1.54) is 0 Å². The van der Waals surface area contributed by atoms with Gasteiger partial charge in [0, 0.05) is 6.42 Å². The lowest BCUT2D eigenvalue weighted by Gasteiger charge is -2.37. The van der Waals surface area contributed by atoms with E-state index in [9.17, 15) is 4.39 Å². The normalized spacial score (nSPS) is 43.6. The minimum atomic E-state index is -1.62. The Balaban J connectivity index is 0.000000437. The fraction of sp³-hybridized carbons (Fsp3) is 1.00. The second-order valence-corrected chi connectivity index (χ2v) is 6.53. The smallest absolute Gasteiger partial charge is 0.196 e. The summed E-state index contributed by atoms with van der Waals surface area (Å²) in [6.07, 6.45) is -1.42. The van der Waals surface area contributed by atoms with Gasteiger partial charge in [-0.1, -0.05) is 6.92 Å². The molecule has 0 spiro atoms. The van der Waals surface area contributed by atoms with Crippen LogP contribution in [0.3, 0.4) is 0 Å². The van der Waals surface area contributed by atoms with Gasteiger partial charge < -0.3 is 5.11 Å². The summed E-state index contributed by atoms with van der Waals surface area (Å²) in [6.45, 7) is 1.57. The van der Waals surface area contributed by atoms with Crippen molar-refractivity contribution in [1.82, 2.24) is 0 Å². The molecule has 1 N–H and O–H groups in total. The Hall–Kier alpha value is 1.63. The molecule has 1 saturated carbocycles. The van der Waals surface area contributed by atoms with Crippen molar-refractivity contribution >= 4 is 69.6 Å². The van der Waals surface area contributed by atoms with E-state index in [2.05, 4.69) is 0 Å². The molecule has 0 aromatic carbocycles. The third-order valence-electron chi connectivity index (χ3n) is 2.16. The Morgan fingerprint density at radius 3 is 1.00 bits per heavy atom. The predicted molar refractivity (Wildman–Crippen MR) is 75.3 cm³/mol. The van der Waals surface area contributed by atoms with Crippen LogP contribution in [0.15, 0.2) is 0 Å². The van der Waals surface area contributed by atoms with E-state index in [0.717, 1.165) is 0 Å². The first-order valence-electron chi connectivity index (χ1n) is 4.90. The molecule has 1 fully saturated rings. The monoisotopic (exact) mass is 366 g/mol. The van der Waals surface area contributed by atoms with Crippen LogP contribution in [-0.4, -0.2) is 43.7 Å². The van der Waals surface area contributed by atoms with Crippen molar-refractivity contribution in [3.63, 3.8) is 0 Å². The summed E-state index contributed by atoms with van der Waals surface area (Å²) in [5, 5.41) is 5.07. The first kappa shape index (κ1) is 18.6. The summed E-state index contributed by atoms with van der Waals surface area (Å²) in [4.78, 5) is 0. The van der Waals surface area contributed by atoms with E-state index < -0.39 is 38.6 Å². The van der Waals surface area contributed by atoms with Crippen molar-refractivity contribution < 1.29 is 9.50 Å². The topological polar surface area (TPSA) is 20.2 Å². The van der Waals surface area contributed by atoms with Crippen LogP contribution in [0.25, 0.3) is 0 Å². The Kier molecular flexibility index (Phi) is 9.57. The van der Waals surface area contributed by atoms with Gasteiger partial charge in [0.2, 0.25) is 0 Å². The van der Waals surface area contributed by atoms with E-state index >= 15 is 0 Å². The minimum Gasteiger partial charge on any atom is -0.364 e. The Morgan fingerprint density at radius 2 is 0.941 bits per heavy atom. The van der Waals surface area contributed by atoms with Gasteiger partial charge >= 0.3 is 0 Å². The van der Waals surface area contributed by atoms with Crippen molar-refractivity contribution in [3.05, 3.63) is 0 Å². The highest BCUT2D eigenvalue weighted by Crippen LogP contribution is 2.39. The highest BCUT2D eigenvalue weighted by atomic mass is 35.5. The second-order valence-electron chi connectivity index (χ2n) is 3.51. The molecule has 0 aliphatic heterocycles. The third kappa shape index (κ3) is 5.64. The van der Waals surface area contributed by atoms with Crippen LogP contribution < -0.4 is 0 Å². The maximum absolute atomic E-state index is 11.0. The molecule has 1 nitrogen and oxygen atoms in total. The van der Waals surface area contributed by atoms with Crippen LogP contribution in [0.5, 0.6) is 0 Å². The molecule has 1 unspecified atom stereocenters. The van der Waals surface area contributed by atoms with Crippen molar-refractivity contribution in [2.24, 2.45) is 0 Å². The molecule has 17 heavy (non-hydrogen) atoms. The molecule has 0 saturated heterocycles. The SMILES string of the molecule is CCC(O)F.ClC1C(Cl)C(Cl)C(Cl)C(Cl)C1Cl. The molecule has 1 aliphatic carbocycles. The average molecular weight is 369 g/mol. The van der Waals surface area contributed by atoms with Crippen LogP contribution in [0.2, 0.25) is 0 Å². The highest BCUT2D eigenvalue weighted by Gasteiger charge is 2.46. The zero-order valence-electron chi connectivity index (χ0n) is 8.84. The van der Waals surface area contributed by atoms with E-state index in [1.54, 1.807) is 6.92 Å². The summed E-state index contributed by atoms with van der Waals surface area (Å²) in [5.74, 6) is 0. The van der Waals surface area contributed by atoms with Gasteiger partial charge in [-0.05, 0) is 0 Å². The number of hydrogen-bond acceptors (Lipinski definition) is 1. The first-order valence-corrected chi connectivity index (χ1v) is 7.52. The van der Waals surface area contributed by atoms with Crippen LogP contribution in [0.1, 0.15) is 13.3 Å². The molecule has 0 aromatic rings. The number of rotatable bonds is 1. The molecule has 1 atom stereocenters. The van der Waals surface area contributed by atoms with Gasteiger partial charge in [-0.15, -0.1) is 69.6 Å². The molecule has 0 amide bonds. The zero-order valence-corrected chi connectivity index (χ0v) is 13.4. The second kappa shape index (κ2) is 8.73. The lowest BCUT2D eigenvalue weighted by Crippen LogP contribution is -2.52. The molecule has 0 radical (unpaired) electrons. The zero-order chi connectivity index (χ0) is 13.7. The van der Waals surface area contributed by atoms with E-state index in [1.807, 2.05) is 0 Å². The van der Waals surface area contributed by atoms with Crippen molar-refractivity contribution in [2.75, 3.05) is 0 Å². The lowest BCUT2D eigenvalue weighted by molar-refractivity contribution is 0.0391. The predicted octanol–water partition coefficient (Wildman–Crippen LogP) is 4.33. The van der Waals surface area contributed by atoms with Crippen molar-refractivity contribution in [2.45, 2.75) is 52.0 Å². The summed E-state index contributed by atoms with van der Waals surface area (Å²) in [6, 6.07) is 0. The fourth-order valence-electron chi connectivity index (χ4n) is 1.05. The highest BCUT2D eigenvalue weighted by molar-refractivity contribution is 6.45. The minimum absolute atomic E-state index is 0.194. The summed E-state index contributed by atoms with van der Waals surface area (Å²) >= 11 is 35.3. The van der Waals surface area contributed by atoms with Crippen LogP contribution in [0.4, 0.5) is 4.39 Å². The van der Waals surface area contributed by atoms with Crippen LogP contribution in [-0.2, 0) is 0 Å². The number of aliphatic hydroxyl groups excluding tert-OH is 1. The van der Waals surface area contributed by atoms with Crippen molar-refractivity contribution in [3.8, 4) is 0 Å². The van der Waals surface area contributed by atoms with Gasteiger partial charge in [0.1, 0.15) is 0 Å². The summed E-state index contributed by atoms with van der Waals surface area (Å²) in [5.41, 5.74) is 0. The van der Waals surface area contributed by atoms with Gasteiger partial charge in [-0.3, -0.25) is 0 Å². The van der Waals surface area contributed by atoms with Gasteiger partial charge in [-0.25, -0.2) is 4.39 Å². The quantitative estimate of drug-likeness (QED) is 0.683. The lowest BCUT2D eigenvalue weighted by atomic mass is 9.97. The number of hydrogen-bond donors (Lipinski definition) is 1. The first-order chi connectivity index (χ1) is 7.73. The van der Waals surface area contributed by atoms with Gasteiger partial charge in [-0.2, -0.15) is 0 Å². The fourth-order valence-corrected chi connectivity index (χ4v) is 3.38. The largest absolute Gasteiger partial charge is 0.364 e. The average Bonchev–Trinajstić information content (AvgIpc) is 2.32.